The van der Waals surface area contributed by atoms with Crippen LogP contribution < -0.4 is 5.32 Å². The summed E-state index contributed by atoms with van der Waals surface area (Å²) in [6.07, 6.45) is 5.74. The number of nitrogens with one attached hydrogen (secondary N) is 1. The van der Waals surface area contributed by atoms with Crippen molar-refractivity contribution in [1.29, 1.82) is 0 Å². The van der Waals surface area contributed by atoms with Crippen LogP contribution in [0.25, 0.3) is 0 Å². The van der Waals surface area contributed by atoms with E-state index in [0.29, 0.717) is 23.7 Å². The van der Waals surface area contributed by atoms with Gasteiger partial charge < -0.3 is 9.84 Å². The van der Waals surface area contributed by atoms with E-state index in [0.717, 1.165) is 5.82 Å². The second-order valence-corrected chi connectivity index (χ2v) is 5.20. The van der Waals surface area contributed by atoms with Crippen LogP contribution in [0.4, 0.5) is 5.95 Å². The second kappa shape index (κ2) is 4.95. The molecule has 3 rings (SSSR count). The highest BCUT2D eigenvalue weighted by atomic mass is 16.5. The molecule has 0 spiro atoms. The Morgan fingerprint density at radius 1 is 1.26 bits per heavy atom. The van der Waals surface area contributed by atoms with Gasteiger partial charge in [0.15, 0.2) is 5.82 Å². The van der Waals surface area contributed by atoms with E-state index in [1.807, 2.05) is 0 Å². The van der Waals surface area contributed by atoms with Crippen LogP contribution in [0.5, 0.6) is 0 Å². The van der Waals surface area contributed by atoms with Gasteiger partial charge in [0.1, 0.15) is 6.04 Å². The Kier molecular flexibility index (Phi) is 3.15. The first-order valence-electron chi connectivity index (χ1n) is 6.61. The van der Waals surface area contributed by atoms with Crippen LogP contribution in [0.1, 0.15) is 50.4 Å². The number of hydrogen-bond donors (Lipinski definition) is 1. The van der Waals surface area contributed by atoms with Crippen LogP contribution in [0, 0.1) is 5.92 Å². The van der Waals surface area contributed by atoms with Crippen molar-refractivity contribution in [3.8, 4) is 0 Å². The van der Waals surface area contributed by atoms with E-state index in [2.05, 4.69) is 39.3 Å². The predicted octanol–water partition coefficient (Wildman–Crippen LogP) is 2.55. The fraction of sp³-hybridized carbons (Fsp3) is 0.538. The molecule has 0 saturated heterocycles. The second-order valence-electron chi connectivity index (χ2n) is 5.20. The van der Waals surface area contributed by atoms with Gasteiger partial charge in [0.25, 0.3) is 0 Å². The minimum absolute atomic E-state index is 0.0672. The summed E-state index contributed by atoms with van der Waals surface area (Å²) in [6, 6.07) is 1.72. The lowest BCUT2D eigenvalue weighted by atomic mass is 10.0. The summed E-state index contributed by atoms with van der Waals surface area (Å²) in [4.78, 5) is 12.8. The number of anilines is 1. The molecular formula is C13H17N5O. The van der Waals surface area contributed by atoms with Crippen LogP contribution >= 0.6 is 0 Å². The fourth-order valence-corrected chi connectivity index (χ4v) is 1.91. The van der Waals surface area contributed by atoms with Gasteiger partial charge in [-0.2, -0.15) is 4.98 Å². The lowest BCUT2D eigenvalue weighted by molar-refractivity contribution is 0.332. The molecule has 0 amide bonds. The van der Waals surface area contributed by atoms with Crippen molar-refractivity contribution in [3.05, 3.63) is 30.2 Å². The predicted molar refractivity (Wildman–Crippen MR) is 69.5 cm³/mol. The van der Waals surface area contributed by atoms with Crippen molar-refractivity contribution < 1.29 is 4.52 Å². The van der Waals surface area contributed by atoms with Gasteiger partial charge in [-0.25, -0.2) is 9.97 Å². The lowest BCUT2D eigenvalue weighted by Gasteiger charge is -2.18. The third kappa shape index (κ3) is 2.72. The molecule has 1 unspecified atom stereocenters. The monoisotopic (exact) mass is 259 g/mol. The van der Waals surface area contributed by atoms with Crippen molar-refractivity contribution >= 4 is 5.95 Å². The first-order chi connectivity index (χ1) is 9.24. The van der Waals surface area contributed by atoms with E-state index in [4.69, 9.17) is 4.52 Å². The van der Waals surface area contributed by atoms with E-state index in [1.165, 1.54) is 12.8 Å². The summed E-state index contributed by atoms with van der Waals surface area (Å²) < 4.78 is 5.38. The van der Waals surface area contributed by atoms with Gasteiger partial charge >= 0.3 is 0 Å². The summed E-state index contributed by atoms with van der Waals surface area (Å²) in [6.45, 7) is 4.20. The molecule has 1 saturated carbocycles. The molecule has 0 radical (unpaired) electrons. The normalized spacial score (nSPS) is 16.6. The number of nitrogens with zero attached hydrogens (tertiary/aromatic N) is 4. The number of hydrogen-bond acceptors (Lipinski definition) is 6. The quantitative estimate of drug-likeness (QED) is 0.889. The van der Waals surface area contributed by atoms with E-state index in [9.17, 15) is 0 Å². The molecule has 2 aromatic heterocycles. The van der Waals surface area contributed by atoms with E-state index in [1.54, 1.807) is 18.5 Å². The Morgan fingerprint density at radius 3 is 2.63 bits per heavy atom. The van der Waals surface area contributed by atoms with Crippen LogP contribution in [-0.4, -0.2) is 20.1 Å². The Balaban J connectivity index is 1.79. The largest absolute Gasteiger partial charge is 0.342 e. The molecule has 1 fully saturated rings. The van der Waals surface area contributed by atoms with Gasteiger partial charge in [0.2, 0.25) is 11.8 Å². The standard InChI is InChI=1S/C13H17N5O/c1-8(2)10(16-13-14-6-3-7-15-13)12-17-11(18-19-12)9-4-5-9/h3,6-10H,4-5H2,1-2H3,(H,14,15,16). The minimum Gasteiger partial charge on any atom is -0.342 e. The molecule has 1 aliphatic carbocycles. The Morgan fingerprint density at radius 2 is 2.00 bits per heavy atom. The van der Waals surface area contributed by atoms with Crippen molar-refractivity contribution in [2.24, 2.45) is 5.92 Å². The molecule has 100 valence electrons. The Bertz CT molecular complexity index is 535. The molecule has 6 nitrogen and oxygen atoms in total. The molecule has 1 N–H and O–H groups in total. The van der Waals surface area contributed by atoms with Gasteiger partial charge in [-0.1, -0.05) is 19.0 Å². The van der Waals surface area contributed by atoms with Crippen LogP contribution in [0.15, 0.2) is 23.0 Å². The summed E-state index contributed by atoms with van der Waals surface area (Å²) in [7, 11) is 0. The number of rotatable bonds is 5. The third-order valence-electron chi connectivity index (χ3n) is 3.18. The van der Waals surface area contributed by atoms with Crippen molar-refractivity contribution in [3.63, 3.8) is 0 Å². The third-order valence-corrected chi connectivity index (χ3v) is 3.18. The molecule has 0 bridgehead atoms. The Hall–Kier alpha value is -1.98. The van der Waals surface area contributed by atoms with Gasteiger partial charge in [-0.05, 0) is 24.8 Å². The van der Waals surface area contributed by atoms with Gasteiger partial charge in [0, 0.05) is 18.3 Å². The average molecular weight is 259 g/mol. The zero-order chi connectivity index (χ0) is 13.2. The summed E-state index contributed by atoms with van der Waals surface area (Å²) in [5.41, 5.74) is 0. The number of aromatic nitrogens is 4. The summed E-state index contributed by atoms with van der Waals surface area (Å²) in [5, 5.41) is 7.31. The first-order valence-corrected chi connectivity index (χ1v) is 6.61. The minimum atomic E-state index is -0.0672. The molecule has 1 atom stereocenters. The Labute approximate surface area is 111 Å². The first kappa shape index (κ1) is 12.1. The molecule has 0 aromatic carbocycles. The summed E-state index contributed by atoms with van der Waals surface area (Å²) in [5.74, 6) is 2.82. The smallest absolute Gasteiger partial charge is 0.249 e. The molecule has 2 heterocycles. The average Bonchev–Trinajstić information content (AvgIpc) is 3.16. The van der Waals surface area contributed by atoms with Crippen LogP contribution in [-0.2, 0) is 0 Å². The SMILES string of the molecule is CC(C)C(Nc1ncccn1)c1nc(C2CC2)no1. The van der Waals surface area contributed by atoms with Crippen molar-refractivity contribution in [1.82, 2.24) is 20.1 Å². The lowest BCUT2D eigenvalue weighted by Crippen LogP contribution is -2.18. The molecule has 6 heteroatoms. The molecule has 19 heavy (non-hydrogen) atoms. The highest BCUT2D eigenvalue weighted by Gasteiger charge is 2.31. The van der Waals surface area contributed by atoms with Gasteiger partial charge in [-0.15, -0.1) is 0 Å². The maximum Gasteiger partial charge on any atom is 0.249 e. The van der Waals surface area contributed by atoms with Gasteiger partial charge in [-0.3, -0.25) is 0 Å². The van der Waals surface area contributed by atoms with E-state index < -0.39 is 0 Å². The fourth-order valence-electron chi connectivity index (χ4n) is 1.91. The zero-order valence-corrected chi connectivity index (χ0v) is 11.1. The maximum atomic E-state index is 5.38. The topological polar surface area (TPSA) is 76.7 Å². The van der Waals surface area contributed by atoms with Crippen LogP contribution in [0.3, 0.4) is 0 Å². The van der Waals surface area contributed by atoms with Crippen LogP contribution in [0.2, 0.25) is 0 Å². The maximum absolute atomic E-state index is 5.38. The molecule has 0 aliphatic heterocycles. The van der Waals surface area contributed by atoms with Crippen molar-refractivity contribution in [2.75, 3.05) is 5.32 Å². The molecular weight excluding hydrogens is 242 g/mol. The molecule has 2 aromatic rings. The molecule has 1 aliphatic rings. The van der Waals surface area contributed by atoms with E-state index in [-0.39, 0.29) is 6.04 Å². The van der Waals surface area contributed by atoms with Crippen molar-refractivity contribution in [2.45, 2.75) is 38.6 Å². The highest BCUT2D eigenvalue weighted by molar-refractivity contribution is 5.26. The summed E-state index contributed by atoms with van der Waals surface area (Å²) >= 11 is 0. The highest BCUT2D eigenvalue weighted by Crippen LogP contribution is 2.38. The van der Waals surface area contributed by atoms with E-state index >= 15 is 0 Å². The van der Waals surface area contributed by atoms with Gasteiger partial charge in [0.05, 0.1) is 0 Å². The zero-order valence-electron chi connectivity index (χ0n) is 11.1.